The second-order valence-corrected chi connectivity index (χ2v) is 6.66. The molecule has 0 bridgehead atoms. The molecule has 5 nitrogen and oxygen atoms in total. The number of carbonyl (C=O) groups is 1. The summed E-state index contributed by atoms with van der Waals surface area (Å²) in [6.07, 6.45) is 4.70. The minimum atomic E-state index is 0.0799. The molecule has 1 aromatic carbocycles. The van der Waals surface area contributed by atoms with Crippen molar-refractivity contribution in [2.45, 2.75) is 33.1 Å². The highest BCUT2D eigenvalue weighted by Crippen LogP contribution is 2.24. The molecule has 2 aromatic rings. The number of nitrogens with zero attached hydrogens (tertiary/aromatic N) is 1. The molecular weight excluding hydrogens is 302 g/mol. The molecule has 24 heavy (non-hydrogen) atoms. The van der Waals surface area contributed by atoms with Crippen molar-refractivity contribution < 1.29 is 9.21 Å². The maximum atomic E-state index is 12.3. The van der Waals surface area contributed by atoms with E-state index in [1.807, 2.05) is 31.2 Å². The van der Waals surface area contributed by atoms with E-state index in [2.05, 4.69) is 22.5 Å². The van der Waals surface area contributed by atoms with Gasteiger partial charge in [-0.05, 0) is 62.0 Å². The average Bonchev–Trinajstić information content (AvgIpc) is 3.02. The maximum absolute atomic E-state index is 12.3. The molecule has 1 amide bonds. The van der Waals surface area contributed by atoms with Gasteiger partial charge < -0.3 is 15.1 Å². The van der Waals surface area contributed by atoms with Crippen LogP contribution >= 0.6 is 0 Å². The predicted octanol–water partition coefficient (Wildman–Crippen LogP) is 3.61. The first kappa shape index (κ1) is 16.7. The van der Waals surface area contributed by atoms with Crippen LogP contribution in [0.3, 0.4) is 0 Å². The van der Waals surface area contributed by atoms with Gasteiger partial charge in [0.05, 0.1) is 6.20 Å². The van der Waals surface area contributed by atoms with E-state index in [9.17, 15) is 4.79 Å². The molecule has 0 aliphatic carbocycles. The zero-order valence-corrected chi connectivity index (χ0v) is 14.3. The number of anilines is 1. The van der Waals surface area contributed by atoms with Gasteiger partial charge >= 0.3 is 0 Å². The third-order valence-corrected chi connectivity index (χ3v) is 4.72. The van der Waals surface area contributed by atoms with Crippen LogP contribution in [0.15, 0.2) is 34.9 Å². The van der Waals surface area contributed by atoms with Gasteiger partial charge in [-0.3, -0.25) is 4.79 Å². The van der Waals surface area contributed by atoms with E-state index < -0.39 is 0 Å². The summed E-state index contributed by atoms with van der Waals surface area (Å²) in [5.41, 5.74) is 1.77. The van der Waals surface area contributed by atoms with Gasteiger partial charge in [-0.2, -0.15) is 0 Å². The first-order valence-electron chi connectivity index (χ1n) is 8.65. The number of amides is 1. The molecule has 2 N–H and O–H groups in total. The number of nitrogens with one attached hydrogen (secondary N) is 2. The van der Waals surface area contributed by atoms with E-state index in [0.717, 1.165) is 30.1 Å². The van der Waals surface area contributed by atoms with Crippen LogP contribution in [0.25, 0.3) is 11.3 Å². The lowest BCUT2D eigenvalue weighted by molar-refractivity contribution is -0.117. The molecule has 1 aromatic heterocycles. The van der Waals surface area contributed by atoms with Crippen molar-refractivity contribution in [2.24, 2.45) is 11.8 Å². The first-order chi connectivity index (χ1) is 11.6. The van der Waals surface area contributed by atoms with Gasteiger partial charge in [-0.25, -0.2) is 4.98 Å². The van der Waals surface area contributed by atoms with Crippen molar-refractivity contribution in [3.05, 3.63) is 36.4 Å². The second-order valence-electron chi connectivity index (χ2n) is 6.66. The summed E-state index contributed by atoms with van der Waals surface area (Å²) in [7, 11) is 0. The van der Waals surface area contributed by atoms with Crippen LogP contribution in [-0.4, -0.2) is 24.0 Å². The van der Waals surface area contributed by atoms with E-state index in [4.69, 9.17) is 4.42 Å². The Balaban J connectivity index is 1.54. The monoisotopic (exact) mass is 327 g/mol. The highest BCUT2D eigenvalue weighted by Gasteiger charge is 2.22. The van der Waals surface area contributed by atoms with Crippen LogP contribution in [0.1, 0.15) is 32.1 Å². The Kier molecular flexibility index (Phi) is 5.30. The maximum Gasteiger partial charge on any atom is 0.224 e. The Bertz CT molecular complexity index is 672. The Morgan fingerprint density at radius 3 is 2.83 bits per heavy atom. The van der Waals surface area contributed by atoms with E-state index in [1.165, 1.54) is 12.8 Å². The molecular formula is C19H25N3O2. The summed E-state index contributed by atoms with van der Waals surface area (Å²) < 4.78 is 5.51. The lowest BCUT2D eigenvalue weighted by atomic mass is 9.85. The van der Waals surface area contributed by atoms with Crippen LogP contribution in [0.2, 0.25) is 0 Å². The number of oxazole rings is 1. The fourth-order valence-corrected chi connectivity index (χ4v) is 3.25. The van der Waals surface area contributed by atoms with Crippen molar-refractivity contribution in [3.8, 4) is 11.3 Å². The summed E-state index contributed by atoms with van der Waals surface area (Å²) in [5.74, 6) is 2.46. The first-order valence-corrected chi connectivity index (χ1v) is 8.65. The number of benzene rings is 1. The Labute approximate surface area is 142 Å². The van der Waals surface area contributed by atoms with Crippen molar-refractivity contribution >= 4 is 11.6 Å². The van der Waals surface area contributed by atoms with E-state index in [-0.39, 0.29) is 5.91 Å². The molecule has 1 saturated heterocycles. The third-order valence-electron chi connectivity index (χ3n) is 4.72. The number of piperidine rings is 1. The summed E-state index contributed by atoms with van der Waals surface area (Å²) >= 11 is 0. The smallest absolute Gasteiger partial charge is 0.224 e. The van der Waals surface area contributed by atoms with Crippen LogP contribution in [-0.2, 0) is 4.79 Å². The zero-order valence-electron chi connectivity index (χ0n) is 14.3. The summed E-state index contributed by atoms with van der Waals surface area (Å²) in [6, 6.07) is 7.67. The molecule has 128 valence electrons. The Hall–Kier alpha value is -2.14. The standard InChI is InChI=1S/C19H25N3O2/c1-13(16-4-3-9-20-11-16)10-19(23)22-17-7-5-15(6-8-17)18-12-21-14(2)24-18/h5-8,12-13,16,20H,3-4,9-11H2,1-2H3,(H,22,23). The quantitative estimate of drug-likeness (QED) is 0.880. The number of aromatic nitrogens is 1. The summed E-state index contributed by atoms with van der Waals surface area (Å²) in [6.45, 7) is 6.12. The summed E-state index contributed by atoms with van der Waals surface area (Å²) in [5, 5.41) is 6.41. The molecule has 0 radical (unpaired) electrons. The van der Waals surface area contributed by atoms with Gasteiger partial charge in [0, 0.05) is 24.6 Å². The number of hydrogen-bond donors (Lipinski definition) is 2. The fourth-order valence-electron chi connectivity index (χ4n) is 3.25. The zero-order chi connectivity index (χ0) is 16.9. The molecule has 0 spiro atoms. The molecule has 1 aliphatic heterocycles. The number of rotatable bonds is 5. The number of aryl methyl sites for hydroxylation is 1. The van der Waals surface area contributed by atoms with Crippen molar-refractivity contribution in [1.29, 1.82) is 0 Å². The molecule has 2 atom stereocenters. The molecule has 2 unspecified atom stereocenters. The van der Waals surface area contributed by atoms with Crippen LogP contribution in [0.4, 0.5) is 5.69 Å². The molecule has 1 aliphatic rings. The van der Waals surface area contributed by atoms with Crippen LogP contribution < -0.4 is 10.6 Å². The number of carbonyl (C=O) groups excluding carboxylic acids is 1. The lowest BCUT2D eigenvalue weighted by Crippen LogP contribution is -2.34. The van der Waals surface area contributed by atoms with Gasteiger partial charge in [-0.15, -0.1) is 0 Å². The highest BCUT2D eigenvalue weighted by molar-refractivity contribution is 5.91. The van der Waals surface area contributed by atoms with Crippen molar-refractivity contribution in [1.82, 2.24) is 10.3 Å². The Morgan fingerprint density at radius 1 is 1.42 bits per heavy atom. The molecule has 3 rings (SSSR count). The summed E-state index contributed by atoms with van der Waals surface area (Å²) in [4.78, 5) is 16.4. The van der Waals surface area contributed by atoms with Crippen molar-refractivity contribution in [2.75, 3.05) is 18.4 Å². The van der Waals surface area contributed by atoms with Crippen LogP contribution in [0, 0.1) is 18.8 Å². The third kappa shape index (κ3) is 4.23. The largest absolute Gasteiger partial charge is 0.441 e. The van der Waals surface area contributed by atoms with Gasteiger partial charge in [-0.1, -0.05) is 6.92 Å². The Morgan fingerprint density at radius 2 is 2.21 bits per heavy atom. The second kappa shape index (κ2) is 7.62. The highest BCUT2D eigenvalue weighted by atomic mass is 16.4. The van der Waals surface area contributed by atoms with Crippen molar-refractivity contribution in [3.63, 3.8) is 0 Å². The lowest BCUT2D eigenvalue weighted by Gasteiger charge is -2.28. The van der Waals surface area contributed by atoms with E-state index >= 15 is 0 Å². The average molecular weight is 327 g/mol. The predicted molar refractivity (Wildman–Crippen MR) is 94.7 cm³/mol. The minimum absolute atomic E-state index is 0.0799. The van der Waals surface area contributed by atoms with Gasteiger partial charge in [0.2, 0.25) is 5.91 Å². The van der Waals surface area contributed by atoms with Gasteiger partial charge in [0.1, 0.15) is 0 Å². The SMILES string of the molecule is Cc1ncc(-c2ccc(NC(=O)CC(C)C3CCCNC3)cc2)o1. The molecule has 5 heteroatoms. The fraction of sp³-hybridized carbons (Fsp3) is 0.474. The van der Waals surface area contributed by atoms with Crippen LogP contribution in [0.5, 0.6) is 0 Å². The minimum Gasteiger partial charge on any atom is -0.441 e. The molecule has 1 fully saturated rings. The normalized spacial score (nSPS) is 19.0. The van der Waals surface area contributed by atoms with Gasteiger partial charge in [0.15, 0.2) is 11.7 Å². The molecule has 0 saturated carbocycles. The topological polar surface area (TPSA) is 67.2 Å². The number of hydrogen-bond acceptors (Lipinski definition) is 4. The van der Waals surface area contributed by atoms with E-state index in [1.54, 1.807) is 6.20 Å². The van der Waals surface area contributed by atoms with E-state index in [0.29, 0.717) is 24.1 Å². The molecule has 2 heterocycles. The van der Waals surface area contributed by atoms with Gasteiger partial charge in [0.25, 0.3) is 0 Å².